The molecule has 94 valence electrons. The molecular weight excluding hydrogens is 241 g/mol. The highest BCUT2D eigenvalue weighted by Gasteiger charge is 2.26. The van der Waals surface area contributed by atoms with E-state index in [1.54, 1.807) is 6.07 Å². The molecule has 0 bridgehead atoms. The van der Waals surface area contributed by atoms with Gasteiger partial charge in [-0.1, -0.05) is 6.07 Å². The Morgan fingerprint density at radius 1 is 1.47 bits per heavy atom. The molecule has 0 atom stereocenters. The molecule has 17 heavy (non-hydrogen) atoms. The molecule has 0 heterocycles. The SMILES string of the molecule is COc1ccc(CNCC2CC(Cl)C2)cc1F. The fourth-order valence-electron chi connectivity index (χ4n) is 2.06. The van der Waals surface area contributed by atoms with Gasteiger partial charge in [-0.05, 0) is 43.0 Å². The minimum Gasteiger partial charge on any atom is -0.494 e. The van der Waals surface area contributed by atoms with E-state index in [0.29, 0.717) is 17.8 Å². The highest BCUT2D eigenvalue weighted by molar-refractivity contribution is 6.21. The smallest absolute Gasteiger partial charge is 0.165 e. The number of benzene rings is 1. The van der Waals surface area contributed by atoms with E-state index >= 15 is 0 Å². The summed E-state index contributed by atoms with van der Waals surface area (Å²) in [4.78, 5) is 0. The standard InChI is InChI=1S/C13H17ClFNO/c1-17-13-3-2-9(6-12(13)15)7-16-8-10-4-11(14)5-10/h2-3,6,10-11,16H,4-5,7-8H2,1H3. The third-order valence-electron chi connectivity index (χ3n) is 3.16. The third-order valence-corrected chi connectivity index (χ3v) is 3.51. The number of rotatable bonds is 5. The van der Waals surface area contributed by atoms with Crippen LogP contribution in [0.5, 0.6) is 5.75 Å². The Balaban J connectivity index is 1.77. The molecule has 0 saturated heterocycles. The first-order valence-corrected chi connectivity index (χ1v) is 6.30. The van der Waals surface area contributed by atoms with Gasteiger partial charge in [-0.3, -0.25) is 0 Å². The van der Waals surface area contributed by atoms with Crippen LogP contribution in [0.1, 0.15) is 18.4 Å². The Morgan fingerprint density at radius 3 is 2.82 bits per heavy atom. The van der Waals surface area contributed by atoms with Crippen molar-refractivity contribution in [3.05, 3.63) is 29.6 Å². The number of methoxy groups -OCH3 is 1. The summed E-state index contributed by atoms with van der Waals surface area (Å²) in [6.07, 6.45) is 2.18. The molecule has 1 aromatic carbocycles. The van der Waals surface area contributed by atoms with Crippen molar-refractivity contribution in [2.45, 2.75) is 24.8 Å². The molecule has 0 aromatic heterocycles. The van der Waals surface area contributed by atoms with Crippen LogP contribution in [0.3, 0.4) is 0 Å². The van der Waals surface area contributed by atoms with Crippen LogP contribution in [0.25, 0.3) is 0 Å². The van der Waals surface area contributed by atoms with E-state index in [9.17, 15) is 4.39 Å². The predicted molar refractivity (Wildman–Crippen MR) is 67.0 cm³/mol. The van der Waals surface area contributed by atoms with Gasteiger partial charge < -0.3 is 10.1 Å². The summed E-state index contributed by atoms with van der Waals surface area (Å²) in [7, 11) is 1.47. The number of hydrogen-bond acceptors (Lipinski definition) is 2. The minimum absolute atomic E-state index is 0.290. The molecule has 0 aliphatic heterocycles. The number of nitrogens with one attached hydrogen (secondary N) is 1. The quantitative estimate of drug-likeness (QED) is 0.819. The largest absolute Gasteiger partial charge is 0.494 e. The molecule has 1 aliphatic carbocycles. The number of hydrogen-bond donors (Lipinski definition) is 1. The summed E-state index contributed by atoms with van der Waals surface area (Å²) in [6.45, 7) is 1.64. The summed E-state index contributed by atoms with van der Waals surface area (Å²) in [5.41, 5.74) is 0.935. The molecule has 1 aliphatic rings. The number of halogens is 2. The first-order chi connectivity index (χ1) is 8.19. The van der Waals surface area contributed by atoms with Gasteiger partial charge in [0, 0.05) is 11.9 Å². The van der Waals surface area contributed by atoms with E-state index in [4.69, 9.17) is 16.3 Å². The van der Waals surface area contributed by atoms with Crippen molar-refractivity contribution in [1.29, 1.82) is 0 Å². The molecule has 0 unspecified atom stereocenters. The van der Waals surface area contributed by atoms with E-state index in [-0.39, 0.29) is 11.6 Å². The fourth-order valence-corrected chi connectivity index (χ4v) is 2.57. The maximum atomic E-state index is 13.4. The minimum atomic E-state index is -0.309. The van der Waals surface area contributed by atoms with Gasteiger partial charge in [-0.2, -0.15) is 0 Å². The summed E-state index contributed by atoms with van der Waals surface area (Å²) in [5.74, 6) is 0.662. The van der Waals surface area contributed by atoms with E-state index in [1.807, 2.05) is 6.07 Å². The Morgan fingerprint density at radius 2 is 2.24 bits per heavy atom. The van der Waals surface area contributed by atoms with E-state index < -0.39 is 0 Å². The average Bonchev–Trinajstić information content (AvgIpc) is 2.27. The van der Waals surface area contributed by atoms with Gasteiger partial charge >= 0.3 is 0 Å². The van der Waals surface area contributed by atoms with Crippen molar-refractivity contribution in [2.24, 2.45) is 5.92 Å². The third kappa shape index (κ3) is 3.33. The number of alkyl halides is 1. The Kier molecular flexibility index (Phi) is 4.24. The van der Waals surface area contributed by atoms with Gasteiger partial charge in [0.25, 0.3) is 0 Å². The van der Waals surface area contributed by atoms with Crippen LogP contribution in [0.2, 0.25) is 0 Å². The van der Waals surface area contributed by atoms with Gasteiger partial charge in [-0.15, -0.1) is 11.6 Å². The van der Waals surface area contributed by atoms with Crippen molar-refractivity contribution in [1.82, 2.24) is 5.32 Å². The van der Waals surface area contributed by atoms with Crippen molar-refractivity contribution in [2.75, 3.05) is 13.7 Å². The Labute approximate surface area is 106 Å². The fraction of sp³-hybridized carbons (Fsp3) is 0.538. The lowest BCUT2D eigenvalue weighted by Crippen LogP contribution is -2.33. The molecule has 1 aromatic rings. The lowest BCUT2D eigenvalue weighted by atomic mass is 9.85. The van der Waals surface area contributed by atoms with Crippen LogP contribution in [-0.4, -0.2) is 19.0 Å². The highest BCUT2D eigenvalue weighted by Crippen LogP contribution is 2.31. The number of ether oxygens (including phenoxy) is 1. The van der Waals surface area contributed by atoms with Crippen LogP contribution >= 0.6 is 11.6 Å². The molecule has 2 nitrogen and oxygen atoms in total. The van der Waals surface area contributed by atoms with Gasteiger partial charge in [0.1, 0.15) is 0 Å². The maximum absolute atomic E-state index is 13.4. The normalized spacial score (nSPS) is 23.2. The van der Waals surface area contributed by atoms with Crippen LogP contribution in [0, 0.1) is 11.7 Å². The maximum Gasteiger partial charge on any atom is 0.165 e. The summed E-state index contributed by atoms with van der Waals surface area (Å²) >= 11 is 5.90. The molecule has 4 heteroatoms. The Bertz CT molecular complexity index is 380. The van der Waals surface area contributed by atoms with Crippen LogP contribution < -0.4 is 10.1 Å². The summed E-state index contributed by atoms with van der Waals surface area (Å²) < 4.78 is 18.3. The van der Waals surface area contributed by atoms with E-state index in [0.717, 1.165) is 24.9 Å². The second-order valence-electron chi connectivity index (χ2n) is 4.53. The molecule has 1 N–H and O–H groups in total. The van der Waals surface area contributed by atoms with Crippen molar-refractivity contribution in [3.8, 4) is 5.75 Å². The monoisotopic (exact) mass is 257 g/mol. The summed E-state index contributed by atoms with van der Waals surface area (Å²) in [6, 6.07) is 5.04. The topological polar surface area (TPSA) is 21.3 Å². The van der Waals surface area contributed by atoms with Crippen LogP contribution in [0.4, 0.5) is 4.39 Å². The molecule has 1 saturated carbocycles. The first kappa shape index (κ1) is 12.7. The molecule has 1 fully saturated rings. The molecule has 0 spiro atoms. The van der Waals surface area contributed by atoms with Crippen molar-refractivity contribution in [3.63, 3.8) is 0 Å². The summed E-state index contributed by atoms with van der Waals surface area (Å²) in [5, 5.41) is 3.68. The Hall–Kier alpha value is -0.800. The van der Waals surface area contributed by atoms with Gasteiger partial charge in [0.15, 0.2) is 11.6 Å². The van der Waals surface area contributed by atoms with Gasteiger partial charge in [-0.25, -0.2) is 4.39 Å². The van der Waals surface area contributed by atoms with E-state index in [1.165, 1.54) is 13.2 Å². The molecule has 2 rings (SSSR count). The zero-order valence-corrected chi connectivity index (χ0v) is 10.6. The second-order valence-corrected chi connectivity index (χ2v) is 5.15. The van der Waals surface area contributed by atoms with Crippen LogP contribution in [0.15, 0.2) is 18.2 Å². The predicted octanol–water partition coefficient (Wildman–Crippen LogP) is 2.94. The first-order valence-electron chi connectivity index (χ1n) is 5.86. The van der Waals surface area contributed by atoms with E-state index in [2.05, 4.69) is 5.32 Å². The lowest BCUT2D eigenvalue weighted by Gasteiger charge is -2.31. The second kappa shape index (κ2) is 5.69. The van der Waals surface area contributed by atoms with Crippen molar-refractivity contribution >= 4 is 11.6 Å². The molecular formula is C13H17ClFNO. The van der Waals surface area contributed by atoms with Crippen LogP contribution in [-0.2, 0) is 6.54 Å². The van der Waals surface area contributed by atoms with Crippen molar-refractivity contribution < 1.29 is 9.13 Å². The zero-order chi connectivity index (χ0) is 12.3. The highest BCUT2D eigenvalue weighted by atomic mass is 35.5. The van der Waals surface area contributed by atoms with Gasteiger partial charge in [0.05, 0.1) is 7.11 Å². The zero-order valence-electron chi connectivity index (χ0n) is 9.88. The lowest BCUT2D eigenvalue weighted by molar-refractivity contribution is 0.308. The molecule has 0 radical (unpaired) electrons. The van der Waals surface area contributed by atoms with Gasteiger partial charge in [0.2, 0.25) is 0 Å². The molecule has 0 amide bonds. The average molecular weight is 258 g/mol.